The number of hydrogen-bond donors (Lipinski definition) is 1. The van der Waals surface area contributed by atoms with E-state index in [4.69, 9.17) is 10.5 Å². The highest BCUT2D eigenvalue weighted by atomic mass is 16.5. The number of anilines is 1. The zero-order valence-corrected chi connectivity index (χ0v) is 17.1. The topological polar surface area (TPSA) is 83.0 Å². The smallest absolute Gasteiger partial charge is 0.146 e. The van der Waals surface area contributed by atoms with Gasteiger partial charge in [0.2, 0.25) is 0 Å². The van der Waals surface area contributed by atoms with Gasteiger partial charge in [-0.2, -0.15) is 0 Å². The van der Waals surface area contributed by atoms with Crippen molar-refractivity contribution in [3.8, 4) is 22.6 Å². The molecule has 0 aliphatic heterocycles. The van der Waals surface area contributed by atoms with Crippen LogP contribution >= 0.6 is 0 Å². The van der Waals surface area contributed by atoms with E-state index < -0.39 is 0 Å². The Kier molecular flexibility index (Phi) is 5.48. The molecule has 6 nitrogen and oxygen atoms in total. The normalized spacial score (nSPS) is 13.5. The van der Waals surface area contributed by atoms with E-state index in [1.54, 1.807) is 0 Å². The molecule has 0 radical (unpaired) electrons. The van der Waals surface area contributed by atoms with Crippen LogP contribution < -0.4 is 10.5 Å². The molecule has 1 saturated carbocycles. The van der Waals surface area contributed by atoms with E-state index >= 15 is 0 Å². The molecule has 2 N–H and O–H groups in total. The number of carbonyl (C=O) groups is 1. The lowest BCUT2D eigenvalue weighted by molar-refractivity contribution is -0.126. The second kappa shape index (κ2) is 8.37. The SMILES string of the molecule is CC.Nc1ncnc2c1c(-c1ccc(Oc3ccccc3)cc1)cn2C1CC(=O)C1. The van der Waals surface area contributed by atoms with Gasteiger partial charge in [-0.05, 0) is 29.8 Å². The van der Waals surface area contributed by atoms with Crippen LogP contribution in [0.25, 0.3) is 22.2 Å². The Morgan fingerprint density at radius 2 is 1.63 bits per heavy atom. The summed E-state index contributed by atoms with van der Waals surface area (Å²) in [7, 11) is 0. The fraction of sp³-hybridized carbons (Fsp3) is 0.208. The van der Waals surface area contributed by atoms with Crippen LogP contribution in [0.4, 0.5) is 5.82 Å². The van der Waals surface area contributed by atoms with Crippen LogP contribution in [0.1, 0.15) is 32.7 Å². The fourth-order valence-electron chi connectivity index (χ4n) is 3.60. The molecule has 30 heavy (non-hydrogen) atoms. The van der Waals surface area contributed by atoms with Gasteiger partial charge in [0.25, 0.3) is 0 Å². The number of rotatable bonds is 4. The minimum Gasteiger partial charge on any atom is -0.457 e. The summed E-state index contributed by atoms with van der Waals surface area (Å²) >= 11 is 0. The molecule has 0 bridgehead atoms. The van der Waals surface area contributed by atoms with Gasteiger partial charge in [0.15, 0.2) is 0 Å². The zero-order chi connectivity index (χ0) is 21.1. The number of aromatic nitrogens is 3. The molecule has 1 aliphatic carbocycles. The van der Waals surface area contributed by atoms with Crippen molar-refractivity contribution in [1.29, 1.82) is 0 Å². The molecular weight excluding hydrogens is 376 g/mol. The molecule has 2 aromatic carbocycles. The Balaban J connectivity index is 0.00000106. The molecule has 0 atom stereocenters. The van der Waals surface area contributed by atoms with Gasteiger partial charge in [-0.1, -0.05) is 44.2 Å². The van der Waals surface area contributed by atoms with Gasteiger partial charge in [-0.15, -0.1) is 0 Å². The Bertz CT molecular complexity index is 1160. The quantitative estimate of drug-likeness (QED) is 0.496. The summed E-state index contributed by atoms with van der Waals surface area (Å²) in [4.78, 5) is 20.1. The first-order valence-electron chi connectivity index (χ1n) is 10.1. The number of benzene rings is 2. The molecule has 0 saturated heterocycles. The molecule has 2 heterocycles. The largest absolute Gasteiger partial charge is 0.457 e. The van der Waals surface area contributed by atoms with Crippen molar-refractivity contribution >= 4 is 22.6 Å². The Labute approximate surface area is 175 Å². The van der Waals surface area contributed by atoms with Crippen LogP contribution in [-0.2, 0) is 4.79 Å². The second-order valence-electron chi connectivity index (χ2n) is 6.95. The van der Waals surface area contributed by atoms with Crippen LogP contribution in [-0.4, -0.2) is 20.3 Å². The van der Waals surface area contributed by atoms with Crippen LogP contribution in [0.5, 0.6) is 11.5 Å². The van der Waals surface area contributed by atoms with E-state index in [1.165, 1.54) is 6.33 Å². The Morgan fingerprint density at radius 3 is 2.30 bits per heavy atom. The molecule has 0 spiro atoms. The van der Waals surface area contributed by atoms with E-state index in [0.717, 1.165) is 33.7 Å². The molecule has 152 valence electrons. The number of carbonyl (C=O) groups excluding carboxylic acids is 1. The van der Waals surface area contributed by atoms with Crippen molar-refractivity contribution in [3.63, 3.8) is 0 Å². The number of para-hydroxylation sites is 1. The maximum absolute atomic E-state index is 11.5. The number of fused-ring (bicyclic) bond motifs is 1. The highest BCUT2D eigenvalue weighted by molar-refractivity contribution is 6.01. The second-order valence-corrected chi connectivity index (χ2v) is 6.95. The zero-order valence-electron chi connectivity index (χ0n) is 17.1. The van der Waals surface area contributed by atoms with Crippen LogP contribution in [0.15, 0.2) is 67.1 Å². The number of ether oxygens (including phenoxy) is 1. The Hall–Kier alpha value is -3.67. The predicted octanol–water partition coefficient (Wildman–Crippen LogP) is 5.40. The number of Topliss-reactive ketones (excluding diaryl/α,β-unsaturated/α-hetero) is 1. The van der Waals surface area contributed by atoms with Crippen LogP contribution in [0.2, 0.25) is 0 Å². The first kappa shape index (κ1) is 19.6. The van der Waals surface area contributed by atoms with Gasteiger partial charge in [-0.3, -0.25) is 4.79 Å². The number of nitrogen functional groups attached to an aromatic ring is 1. The maximum Gasteiger partial charge on any atom is 0.146 e. The third-order valence-electron chi connectivity index (χ3n) is 5.10. The first-order valence-corrected chi connectivity index (χ1v) is 10.1. The van der Waals surface area contributed by atoms with Gasteiger partial charge >= 0.3 is 0 Å². The van der Waals surface area contributed by atoms with Gasteiger partial charge in [0.1, 0.15) is 35.1 Å². The minimum atomic E-state index is 0.138. The van der Waals surface area contributed by atoms with E-state index in [1.807, 2.05) is 74.6 Å². The molecule has 5 rings (SSSR count). The monoisotopic (exact) mass is 400 g/mol. The van der Waals surface area contributed by atoms with Gasteiger partial charge in [-0.25, -0.2) is 9.97 Å². The molecule has 1 fully saturated rings. The van der Waals surface area contributed by atoms with Crippen molar-refractivity contribution in [2.24, 2.45) is 0 Å². The summed E-state index contributed by atoms with van der Waals surface area (Å²) in [6, 6.07) is 17.6. The molecule has 1 aliphatic rings. The van der Waals surface area contributed by atoms with Crippen molar-refractivity contribution < 1.29 is 9.53 Å². The van der Waals surface area contributed by atoms with Crippen molar-refractivity contribution in [3.05, 3.63) is 67.1 Å². The minimum absolute atomic E-state index is 0.138. The molecule has 2 aromatic heterocycles. The van der Waals surface area contributed by atoms with Gasteiger partial charge in [0.05, 0.1) is 5.39 Å². The summed E-state index contributed by atoms with van der Waals surface area (Å²) in [5.41, 5.74) is 8.89. The highest BCUT2D eigenvalue weighted by Crippen LogP contribution is 2.39. The lowest BCUT2D eigenvalue weighted by atomic mass is 9.91. The van der Waals surface area contributed by atoms with Crippen molar-refractivity contribution in [2.45, 2.75) is 32.7 Å². The summed E-state index contributed by atoms with van der Waals surface area (Å²) in [6.07, 6.45) is 4.57. The third-order valence-corrected chi connectivity index (χ3v) is 5.10. The van der Waals surface area contributed by atoms with E-state index in [2.05, 4.69) is 14.5 Å². The van der Waals surface area contributed by atoms with Crippen LogP contribution in [0.3, 0.4) is 0 Å². The molecule has 0 unspecified atom stereocenters. The van der Waals surface area contributed by atoms with Gasteiger partial charge in [0, 0.05) is 30.6 Å². The number of nitrogens with two attached hydrogens (primary N) is 1. The summed E-state index contributed by atoms with van der Waals surface area (Å²) < 4.78 is 7.92. The van der Waals surface area contributed by atoms with E-state index in [-0.39, 0.29) is 11.8 Å². The van der Waals surface area contributed by atoms with Gasteiger partial charge < -0.3 is 15.0 Å². The number of ketones is 1. The highest BCUT2D eigenvalue weighted by Gasteiger charge is 2.30. The standard InChI is InChI=1S/C22H18N4O2.C2H6/c23-21-20-19(12-26(15-10-16(27)11-15)22(20)25-13-24-21)14-6-8-18(9-7-14)28-17-4-2-1-3-5-17;1-2/h1-9,12-13,15H,10-11H2,(H2,23,24,25);1-2H3. The molecular formula is C24H24N4O2. The Morgan fingerprint density at radius 1 is 0.967 bits per heavy atom. The third kappa shape index (κ3) is 3.64. The lowest BCUT2D eigenvalue weighted by Gasteiger charge is -2.26. The summed E-state index contributed by atoms with van der Waals surface area (Å²) in [6.45, 7) is 4.00. The molecule has 4 aromatic rings. The van der Waals surface area contributed by atoms with E-state index in [9.17, 15) is 4.79 Å². The van der Waals surface area contributed by atoms with Crippen LogP contribution in [0, 0.1) is 0 Å². The van der Waals surface area contributed by atoms with E-state index in [0.29, 0.717) is 18.7 Å². The molecule has 6 heteroatoms. The average Bonchev–Trinajstić information content (AvgIpc) is 3.15. The number of hydrogen-bond acceptors (Lipinski definition) is 5. The summed E-state index contributed by atoms with van der Waals surface area (Å²) in [5, 5.41) is 0.818. The molecule has 0 amide bonds. The average molecular weight is 400 g/mol. The van der Waals surface area contributed by atoms with Crippen molar-refractivity contribution in [2.75, 3.05) is 5.73 Å². The maximum atomic E-state index is 11.5. The summed E-state index contributed by atoms with van der Waals surface area (Å²) in [5.74, 6) is 2.26. The lowest BCUT2D eigenvalue weighted by Crippen LogP contribution is -2.26. The predicted molar refractivity (Wildman–Crippen MR) is 119 cm³/mol. The fourth-order valence-corrected chi connectivity index (χ4v) is 3.60. The first-order chi connectivity index (χ1) is 14.7. The number of nitrogens with zero attached hydrogens (tertiary/aromatic N) is 3. The van der Waals surface area contributed by atoms with Crippen molar-refractivity contribution in [1.82, 2.24) is 14.5 Å².